The van der Waals surface area contributed by atoms with E-state index in [2.05, 4.69) is 5.32 Å². The number of benzene rings is 1. The van der Waals surface area contributed by atoms with Crippen LogP contribution in [0.15, 0.2) is 24.3 Å². The topological polar surface area (TPSA) is 38.0 Å². The molecule has 0 radical (unpaired) electrons. The molecular weight excluding hydrogens is 227 g/mol. The molecule has 0 aliphatic carbocycles. The molecule has 0 amide bonds. The minimum Gasteiger partial charge on any atom is -0.324 e. The molecule has 0 aliphatic heterocycles. The first-order chi connectivity index (χ1) is 6.97. The minimum absolute atomic E-state index is 0. The van der Waals surface area contributed by atoms with Crippen LogP contribution in [0.25, 0.3) is 0 Å². The molecule has 1 aromatic rings. The first kappa shape index (κ1) is 15.4. The first-order valence-corrected chi connectivity index (χ1v) is 5.21. The molecule has 3 N–H and O–H groups in total. The van der Waals surface area contributed by atoms with E-state index in [0.717, 1.165) is 25.1 Å². The fourth-order valence-electron chi connectivity index (χ4n) is 1.29. The molecule has 0 aliphatic rings. The summed E-state index contributed by atoms with van der Waals surface area (Å²) >= 11 is 0. The lowest BCUT2D eigenvalue weighted by Crippen LogP contribution is -2.43. The van der Waals surface area contributed by atoms with Crippen LogP contribution in [0.5, 0.6) is 0 Å². The number of hydrogen-bond donors (Lipinski definition) is 2. The summed E-state index contributed by atoms with van der Waals surface area (Å²) in [5.74, 6) is -0.185. The van der Waals surface area contributed by atoms with Gasteiger partial charge < -0.3 is 11.1 Å². The maximum atomic E-state index is 12.6. The van der Waals surface area contributed by atoms with E-state index in [-0.39, 0.29) is 23.8 Å². The molecule has 4 heteroatoms. The third-order valence-corrected chi connectivity index (χ3v) is 2.08. The third-order valence-electron chi connectivity index (χ3n) is 2.08. The van der Waals surface area contributed by atoms with E-state index in [0.29, 0.717) is 0 Å². The van der Waals surface area contributed by atoms with Gasteiger partial charge in [0.1, 0.15) is 5.82 Å². The van der Waals surface area contributed by atoms with Gasteiger partial charge in [0.2, 0.25) is 0 Å². The van der Waals surface area contributed by atoms with Crippen molar-refractivity contribution in [2.75, 3.05) is 13.1 Å². The van der Waals surface area contributed by atoms with Crippen LogP contribution in [0.1, 0.15) is 19.4 Å². The summed E-state index contributed by atoms with van der Waals surface area (Å²) in [5.41, 5.74) is 6.78. The van der Waals surface area contributed by atoms with Gasteiger partial charge in [0.25, 0.3) is 0 Å². The van der Waals surface area contributed by atoms with Crippen molar-refractivity contribution in [3.8, 4) is 0 Å². The van der Waals surface area contributed by atoms with E-state index in [9.17, 15) is 4.39 Å². The van der Waals surface area contributed by atoms with Gasteiger partial charge in [-0.2, -0.15) is 0 Å². The maximum Gasteiger partial charge on any atom is 0.123 e. The smallest absolute Gasteiger partial charge is 0.123 e. The van der Waals surface area contributed by atoms with Crippen molar-refractivity contribution in [2.24, 2.45) is 5.73 Å². The van der Waals surface area contributed by atoms with E-state index in [1.807, 2.05) is 26.0 Å². The van der Waals surface area contributed by atoms with Crippen molar-refractivity contribution < 1.29 is 4.39 Å². The maximum absolute atomic E-state index is 12.6. The Balaban J connectivity index is 0.00000225. The van der Waals surface area contributed by atoms with E-state index in [1.165, 1.54) is 12.1 Å². The highest BCUT2D eigenvalue weighted by Crippen LogP contribution is 2.02. The van der Waals surface area contributed by atoms with Crippen molar-refractivity contribution in [1.82, 2.24) is 5.32 Å². The highest BCUT2D eigenvalue weighted by Gasteiger charge is 2.08. The summed E-state index contributed by atoms with van der Waals surface area (Å²) in [6, 6.07) is 6.60. The lowest BCUT2D eigenvalue weighted by Gasteiger charge is -2.18. The van der Waals surface area contributed by atoms with Crippen LogP contribution in [0.3, 0.4) is 0 Å². The number of rotatable bonds is 5. The van der Waals surface area contributed by atoms with Crippen molar-refractivity contribution in [3.05, 3.63) is 35.6 Å². The molecule has 16 heavy (non-hydrogen) atoms. The van der Waals surface area contributed by atoms with Crippen LogP contribution in [0.4, 0.5) is 4.39 Å². The van der Waals surface area contributed by atoms with Crippen LogP contribution in [-0.4, -0.2) is 18.6 Å². The molecule has 0 aromatic heterocycles. The zero-order valence-electron chi connectivity index (χ0n) is 9.79. The molecule has 1 rings (SSSR count). The Morgan fingerprint density at radius 3 is 2.31 bits per heavy atom. The van der Waals surface area contributed by atoms with Crippen LogP contribution < -0.4 is 11.1 Å². The summed E-state index contributed by atoms with van der Waals surface area (Å²) in [4.78, 5) is 0. The molecule has 2 nitrogen and oxygen atoms in total. The highest BCUT2D eigenvalue weighted by molar-refractivity contribution is 5.85. The van der Waals surface area contributed by atoms with Crippen LogP contribution in [0, 0.1) is 5.82 Å². The van der Waals surface area contributed by atoms with Crippen LogP contribution in [-0.2, 0) is 6.42 Å². The summed E-state index contributed by atoms with van der Waals surface area (Å²) in [6.07, 6.45) is 0.899. The Morgan fingerprint density at radius 1 is 1.25 bits per heavy atom. The second-order valence-electron chi connectivity index (χ2n) is 4.54. The Morgan fingerprint density at radius 2 is 1.81 bits per heavy atom. The Hall–Kier alpha value is -0.640. The van der Waals surface area contributed by atoms with Gasteiger partial charge in [0.15, 0.2) is 0 Å². The lowest BCUT2D eigenvalue weighted by atomic mass is 10.1. The number of hydrogen-bond acceptors (Lipinski definition) is 2. The minimum atomic E-state index is -0.185. The number of halogens is 2. The average Bonchev–Trinajstić information content (AvgIpc) is 2.14. The third kappa shape index (κ3) is 6.77. The predicted molar refractivity (Wildman–Crippen MR) is 68.5 cm³/mol. The zero-order chi connectivity index (χ0) is 11.3. The van der Waals surface area contributed by atoms with Crippen molar-refractivity contribution in [1.29, 1.82) is 0 Å². The molecule has 1 aromatic carbocycles. The molecule has 0 heterocycles. The average molecular weight is 247 g/mol. The summed E-state index contributed by atoms with van der Waals surface area (Å²) in [7, 11) is 0. The molecule has 0 unspecified atom stereocenters. The zero-order valence-corrected chi connectivity index (χ0v) is 10.6. The van der Waals surface area contributed by atoms with Gasteiger partial charge in [0.05, 0.1) is 0 Å². The van der Waals surface area contributed by atoms with Gasteiger partial charge in [-0.15, -0.1) is 12.4 Å². The lowest BCUT2D eigenvalue weighted by molar-refractivity contribution is 0.469. The molecule has 0 bridgehead atoms. The van der Waals surface area contributed by atoms with Crippen LogP contribution >= 0.6 is 12.4 Å². The predicted octanol–water partition coefficient (Wildman–Crippen LogP) is 2.12. The molecule has 0 saturated heterocycles. The molecular formula is C12H20ClFN2. The Bertz CT molecular complexity index is 293. The quantitative estimate of drug-likeness (QED) is 0.781. The van der Waals surface area contributed by atoms with Crippen molar-refractivity contribution in [3.63, 3.8) is 0 Å². The second-order valence-corrected chi connectivity index (χ2v) is 4.54. The fourth-order valence-corrected chi connectivity index (χ4v) is 1.29. The normalized spacial score (nSPS) is 11.0. The highest BCUT2D eigenvalue weighted by atomic mass is 35.5. The number of nitrogens with one attached hydrogen (secondary N) is 1. The number of nitrogens with two attached hydrogens (primary N) is 1. The standard InChI is InChI=1S/C12H19FN2.ClH/c1-12(2,14)9-15-8-7-10-3-5-11(13)6-4-10;/h3-6,15H,7-9,14H2,1-2H3;1H. The summed E-state index contributed by atoms with van der Waals surface area (Å²) in [5, 5.41) is 3.27. The van der Waals surface area contributed by atoms with E-state index >= 15 is 0 Å². The fraction of sp³-hybridized carbons (Fsp3) is 0.500. The van der Waals surface area contributed by atoms with Crippen molar-refractivity contribution >= 4 is 12.4 Å². The molecule has 0 atom stereocenters. The van der Waals surface area contributed by atoms with E-state index in [1.54, 1.807) is 0 Å². The Kier molecular flexibility index (Phi) is 6.56. The largest absolute Gasteiger partial charge is 0.324 e. The molecule has 92 valence electrons. The van der Waals surface area contributed by atoms with Gasteiger partial charge in [-0.05, 0) is 44.5 Å². The monoisotopic (exact) mass is 246 g/mol. The van der Waals surface area contributed by atoms with Crippen molar-refractivity contribution in [2.45, 2.75) is 25.8 Å². The van der Waals surface area contributed by atoms with Gasteiger partial charge in [-0.3, -0.25) is 0 Å². The van der Waals surface area contributed by atoms with Gasteiger partial charge >= 0.3 is 0 Å². The SMILES string of the molecule is CC(C)(N)CNCCc1ccc(F)cc1.Cl. The van der Waals surface area contributed by atoms with Crippen LogP contribution in [0.2, 0.25) is 0 Å². The molecule has 0 fully saturated rings. The summed E-state index contributed by atoms with van der Waals surface area (Å²) < 4.78 is 12.6. The molecule has 0 spiro atoms. The molecule has 0 saturated carbocycles. The van der Waals surface area contributed by atoms with E-state index in [4.69, 9.17) is 5.73 Å². The van der Waals surface area contributed by atoms with Gasteiger partial charge in [-0.25, -0.2) is 4.39 Å². The van der Waals surface area contributed by atoms with Gasteiger partial charge in [-0.1, -0.05) is 12.1 Å². The summed E-state index contributed by atoms with van der Waals surface area (Å²) in [6.45, 7) is 5.62. The second kappa shape index (κ2) is 6.84. The first-order valence-electron chi connectivity index (χ1n) is 5.21. The Labute approximate surface area is 103 Å². The van der Waals surface area contributed by atoms with Gasteiger partial charge in [0, 0.05) is 12.1 Å². The van der Waals surface area contributed by atoms with E-state index < -0.39 is 0 Å².